The summed E-state index contributed by atoms with van der Waals surface area (Å²) >= 11 is 6.50. The number of hydrogen-bond donors (Lipinski definition) is 3. The Morgan fingerprint density at radius 1 is 0.923 bits per heavy atom. The SMILES string of the molecule is CC(NC(N)=NC(=O)Cn1c(-c2ccc(Oc3ccccc3)cc2)ccc1-c1ccccc1Cl)[C@@H](C)C(=O)O. The zero-order valence-corrected chi connectivity index (χ0v) is 22.3. The van der Waals surface area contributed by atoms with E-state index in [1.165, 1.54) is 0 Å². The van der Waals surface area contributed by atoms with Crippen molar-refractivity contribution in [1.82, 2.24) is 9.88 Å². The van der Waals surface area contributed by atoms with Crippen LogP contribution in [-0.2, 0) is 16.1 Å². The number of nitrogens with zero attached hydrogens (tertiary/aromatic N) is 2. The summed E-state index contributed by atoms with van der Waals surface area (Å²) in [6.07, 6.45) is 0. The number of carboxylic acids is 1. The summed E-state index contributed by atoms with van der Waals surface area (Å²) in [7, 11) is 0. The predicted octanol–water partition coefficient (Wildman–Crippen LogP) is 5.81. The molecule has 3 aromatic carbocycles. The number of carbonyl (C=O) groups is 2. The number of nitrogens with one attached hydrogen (secondary N) is 1. The summed E-state index contributed by atoms with van der Waals surface area (Å²) < 4.78 is 7.74. The third-order valence-electron chi connectivity index (χ3n) is 6.31. The second-order valence-corrected chi connectivity index (χ2v) is 9.47. The molecule has 4 aromatic rings. The molecule has 0 saturated heterocycles. The van der Waals surface area contributed by atoms with Crippen LogP contribution in [0.3, 0.4) is 0 Å². The lowest BCUT2D eigenvalue weighted by molar-refractivity contribution is -0.141. The van der Waals surface area contributed by atoms with Crippen molar-refractivity contribution in [2.24, 2.45) is 16.6 Å². The fourth-order valence-corrected chi connectivity index (χ4v) is 4.25. The van der Waals surface area contributed by atoms with Crippen molar-refractivity contribution in [3.05, 3.63) is 96.0 Å². The molecule has 39 heavy (non-hydrogen) atoms. The van der Waals surface area contributed by atoms with Gasteiger partial charge < -0.3 is 25.5 Å². The standard InChI is InChI=1S/C30H29ClN4O4/c1-19(29(37)38)20(2)33-30(32)34-28(36)18-35-26(16-17-27(35)24-10-6-7-11-25(24)31)21-12-14-23(15-13-21)39-22-8-4-3-5-9-22/h3-17,19-20H,18H2,1-2H3,(H,37,38)(H3,32,33,34,36)/t19-,20?/m1/s1. The Kier molecular flexibility index (Phi) is 8.68. The van der Waals surface area contributed by atoms with Crippen LogP contribution in [0.25, 0.3) is 22.5 Å². The van der Waals surface area contributed by atoms with E-state index in [4.69, 9.17) is 22.1 Å². The minimum Gasteiger partial charge on any atom is -0.481 e. The average Bonchev–Trinajstić information content (AvgIpc) is 3.32. The van der Waals surface area contributed by atoms with Crippen molar-refractivity contribution in [3.8, 4) is 34.0 Å². The van der Waals surface area contributed by atoms with Gasteiger partial charge in [-0.1, -0.05) is 48.0 Å². The molecule has 9 heteroatoms. The first-order chi connectivity index (χ1) is 18.7. The number of guanidine groups is 1. The van der Waals surface area contributed by atoms with E-state index in [0.29, 0.717) is 10.8 Å². The lowest BCUT2D eigenvalue weighted by atomic mass is 10.0. The molecular weight excluding hydrogens is 516 g/mol. The van der Waals surface area contributed by atoms with Crippen LogP contribution in [0.15, 0.2) is 96.0 Å². The van der Waals surface area contributed by atoms with Gasteiger partial charge >= 0.3 is 5.97 Å². The molecule has 0 saturated carbocycles. The number of halogens is 1. The van der Waals surface area contributed by atoms with Crippen LogP contribution < -0.4 is 15.8 Å². The van der Waals surface area contributed by atoms with Gasteiger partial charge in [0.2, 0.25) is 0 Å². The average molecular weight is 545 g/mol. The normalized spacial score (nSPS) is 12.9. The van der Waals surface area contributed by atoms with Crippen LogP contribution >= 0.6 is 11.6 Å². The van der Waals surface area contributed by atoms with E-state index in [1.54, 1.807) is 19.9 Å². The van der Waals surface area contributed by atoms with Crippen LogP contribution in [-0.4, -0.2) is 33.6 Å². The van der Waals surface area contributed by atoms with Gasteiger partial charge in [0, 0.05) is 22.3 Å². The molecule has 0 fully saturated rings. The molecule has 1 amide bonds. The highest BCUT2D eigenvalue weighted by Gasteiger charge is 2.21. The minimum absolute atomic E-state index is 0.115. The molecule has 0 radical (unpaired) electrons. The molecule has 0 aliphatic heterocycles. The summed E-state index contributed by atoms with van der Waals surface area (Å²) in [4.78, 5) is 28.2. The Balaban J connectivity index is 1.63. The number of ether oxygens (including phenoxy) is 1. The van der Waals surface area contributed by atoms with Crippen molar-refractivity contribution in [2.75, 3.05) is 0 Å². The Morgan fingerprint density at radius 3 is 2.21 bits per heavy atom. The molecule has 0 bridgehead atoms. The highest BCUT2D eigenvalue weighted by Crippen LogP contribution is 2.34. The maximum atomic E-state index is 13.0. The Bertz CT molecular complexity index is 1480. The van der Waals surface area contributed by atoms with Crippen LogP contribution in [0.1, 0.15) is 13.8 Å². The Hall–Kier alpha value is -4.56. The van der Waals surface area contributed by atoms with Gasteiger partial charge in [0.05, 0.1) is 11.6 Å². The van der Waals surface area contributed by atoms with E-state index < -0.39 is 23.8 Å². The van der Waals surface area contributed by atoms with Gasteiger partial charge in [0.1, 0.15) is 18.0 Å². The minimum atomic E-state index is -0.976. The summed E-state index contributed by atoms with van der Waals surface area (Å²) in [5, 5.41) is 12.5. The molecule has 1 heterocycles. The molecule has 4 N–H and O–H groups in total. The van der Waals surface area contributed by atoms with Gasteiger partial charge in [-0.2, -0.15) is 4.99 Å². The third-order valence-corrected chi connectivity index (χ3v) is 6.64. The number of nitrogens with two attached hydrogens (primary N) is 1. The second-order valence-electron chi connectivity index (χ2n) is 9.06. The van der Waals surface area contributed by atoms with Crippen molar-refractivity contribution in [3.63, 3.8) is 0 Å². The number of para-hydroxylation sites is 1. The highest BCUT2D eigenvalue weighted by molar-refractivity contribution is 6.33. The van der Waals surface area contributed by atoms with Crippen molar-refractivity contribution >= 4 is 29.4 Å². The van der Waals surface area contributed by atoms with E-state index in [-0.39, 0.29) is 12.5 Å². The predicted molar refractivity (Wildman–Crippen MR) is 153 cm³/mol. The van der Waals surface area contributed by atoms with E-state index >= 15 is 0 Å². The highest BCUT2D eigenvalue weighted by atomic mass is 35.5. The number of aliphatic imine (C=N–C) groups is 1. The fraction of sp³-hybridized carbons (Fsp3) is 0.167. The van der Waals surface area contributed by atoms with Crippen LogP contribution in [0.2, 0.25) is 5.02 Å². The second kappa shape index (κ2) is 12.3. The van der Waals surface area contributed by atoms with Gasteiger partial charge in [-0.25, -0.2) is 0 Å². The zero-order valence-electron chi connectivity index (χ0n) is 21.5. The van der Waals surface area contributed by atoms with E-state index in [2.05, 4.69) is 10.3 Å². The van der Waals surface area contributed by atoms with Crippen molar-refractivity contribution < 1.29 is 19.4 Å². The quantitative estimate of drug-likeness (QED) is 0.181. The van der Waals surface area contributed by atoms with Crippen molar-refractivity contribution in [1.29, 1.82) is 0 Å². The smallest absolute Gasteiger partial charge is 0.308 e. The summed E-state index contributed by atoms with van der Waals surface area (Å²) in [5.74, 6) is -0.933. The molecule has 0 aliphatic carbocycles. The third kappa shape index (κ3) is 6.86. The number of benzene rings is 3. The van der Waals surface area contributed by atoms with Gasteiger partial charge in [-0.15, -0.1) is 0 Å². The summed E-state index contributed by atoms with van der Waals surface area (Å²) in [5.41, 5.74) is 9.07. The lowest BCUT2D eigenvalue weighted by Gasteiger charge is -2.18. The number of amides is 1. The molecule has 4 rings (SSSR count). The largest absolute Gasteiger partial charge is 0.481 e. The molecule has 2 atom stereocenters. The maximum absolute atomic E-state index is 13.0. The maximum Gasteiger partial charge on any atom is 0.308 e. The first-order valence-electron chi connectivity index (χ1n) is 12.4. The molecular formula is C30H29ClN4O4. The topological polar surface area (TPSA) is 119 Å². The molecule has 8 nitrogen and oxygen atoms in total. The molecule has 0 spiro atoms. The number of hydrogen-bond acceptors (Lipinski definition) is 3. The number of aliphatic carboxylic acids is 1. The number of carbonyl (C=O) groups excluding carboxylic acids is 1. The molecule has 1 aromatic heterocycles. The monoisotopic (exact) mass is 544 g/mol. The Labute approximate surface area is 231 Å². The Morgan fingerprint density at radius 2 is 1.54 bits per heavy atom. The van der Waals surface area contributed by atoms with E-state index in [9.17, 15) is 14.7 Å². The van der Waals surface area contributed by atoms with Gasteiger partial charge in [-0.3, -0.25) is 9.59 Å². The van der Waals surface area contributed by atoms with Gasteiger partial charge in [0.25, 0.3) is 5.91 Å². The van der Waals surface area contributed by atoms with Gasteiger partial charge in [-0.05, 0) is 74.0 Å². The lowest BCUT2D eigenvalue weighted by Crippen LogP contribution is -2.44. The van der Waals surface area contributed by atoms with E-state index in [1.807, 2.05) is 89.5 Å². The summed E-state index contributed by atoms with van der Waals surface area (Å²) in [6.45, 7) is 3.10. The molecule has 1 unspecified atom stereocenters. The molecule has 200 valence electrons. The zero-order chi connectivity index (χ0) is 27.9. The van der Waals surface area contributed by atoms with Crippen LogP contribution in [0, 0.1) is 5.92 Å². The first-order valence-corrected chi connectivity index (χ1v) is 12.7. The number of aromatic nitrogens is 1. The van der Waals surface area contributed by atoms with Crippen LogP contribution in [0.4, 0.5) is 0 Å². The van der Waals surface area contributed by atoms with E-state index in [0.717, 1.165) is 28.3 Å². The first kappa shape index (κ1) is 27.5. The number of carboxylic acid groups (broad SMARTS) is 1. The fourth-order valence-electron chi connectivity index (χ4n) is 4.02. The van der Waals surface area contributed by atoms with Crippen LogP contribution in [0.5, 0.6) is 11.5 Å². The van der Waals surface area contributed by atoms with Crippen molar-refractivity contribution in [2.45, 2.75) is 26.4 Å². The summed E-state index contributed by atoms with van der Waals surface area (Å²) in [6, 6.07) is 27.7. The number of rotatable bonds is 9. The van der Waals surface area contributed by atoms with Gasteiger partial charge in [0.15, 0.2) is 5.96 Å². The molecule has 0 aliphatic rings.